The maximum absolute atomic E-state index is 11.8. The van der Waals surface area contributed by atoms with Crippen LogP contribution in [0.3, 0.4) is 0 Å². The van der Waals surface area contributed by atoms with E-state index in [2.05, 4.69) is 32.9 Å². The number of nitrogens with zero attached hydrogens (tertiary/aromatic N) is 2. The van der Waals surface area contributed by atoms with Crippen LogP contribution in [0.4, 0.5) is 9.59 Å². The molecule has 27 heavy (non-hydrogen) atoms. The quantitative estimate of drug-likeness (QED) is 0.770. The zero-order valence-electron chi connectivity index (χ0n) is 16.7. The number of aryl methyl sites for hydroxylation is 1. The average molecular weight is 374 g/mol. The molecule has 2 fully saturated rings. The van der Waals surface area contributed by atoms with Gasteiger partial charge in [-0.1, -0.05) is 32.9 Å². The molecule has 2 saturated heterocycles. The van der Waals surface area contributed by atoms with Gasteiger partial charge in [0, 0.05) is 13.1 Å². The summed E-state index contributed by atoms with van der Waals surface area (Å²) in [7, 11) is 0. The highest BCUT2D eigenvalue weighted by Crippen LogP contribution is 2.43. The van der Waals surface area contributed by atoms with Gasteiger partial charge in [-0.05, 0) is 60.3 Å². The van der Waals surface area contributed by atoms with E-state index < -0.39 is 12.2 Å². The maximum atomic E-state index is 11.8. The Morgan fingerprint density at radius 2 is 1.48 bits per heavy atom. The molecule has 1 aromatic carbocycles. The molecule has 1 aromatic rings. The first kappa shape index (κ1) is 19.5. The first-order valence-electron chi connectivity index (χ1n) is 9.75. The second-order valence-corrected chi connectivity index (χ2v) is 8.81. The fraction of sp³-hybridized carbons (Fsp3) is 0.619. The molecule has 2 atom stereocenters. The molecule has 0 aromatic heterocycles. The third-order valence-electron chi connectivity index (χ3n) is 5.97. The molecule has 0 radical (unpaired) electrons. The van der Waals surface area contributed by atoms with Gasteiger partial charge in [0.2, 0.25) is 0 Å². The summed E-state index contributed by atoms with van der Waals surface area (Å²) in [4.78, 5) is 26.6. The molecule has 2 aliphatic heterocycles. The van der Waals surface area contributed by atoms with Crippen molar-refractivity contribution in [3.63, 3.8) is 0 Å². The van der Waals surface area contributed by atoms with Crippen LogP contribution in [0.2, 0.25) is 0 Å². The number of hydrogen-bond acceptors (Lipinski definition) is 2. The van der Waals surface area contributed by atoms with E-state index in [1.54, 1.807) is 0 Å². The molecule has 2 heterocycles. The summed E-state index contributed by atoms with van der Waals surface area (Å²) in [6.07, 6.45) is 1.45. The van der Waals surface area contributed by atoms with Crippen LogP contribution in [0, 0.1) is 6.92 Å². The molecule has 0 saturated carbocycles. The van der Waals surface area contributed by atoms with Crippen LogP contribution in [0.25, 0.3) is 0 Å². The summed E-state index contributed by atoms with van der Waals surface area (Å²) in [6.45, 7) is 9.54. The lowest BCUT2D eigenvalue weighted by atomic mass is 9.80. The predicted molar refractivity (Wildman–Crippen MR) is 103 cm³/mol. The molecule has 2 N–H and O–H groups in total. The first-order chi connectivity index (χ1) is 12.6. The Hall–Kier alpha value is -2.24. The largest absolute Gasteiger partial charge is 0.465 e. The highest BCUT2D eigenvalue weighted by molar-refractivity contribution is 5.68. The van der Waals surface area contributed by atoms with Gasteiger partial charge in [-0.25, -0.2) is 9.59 Å². The van der Waals surface area contributed by atoms with Crippen molar-refractivity contribution in [2.75, 3.05) is 13.1 Å². The molecular formula is C21H30N2O4. The summed E-state index contributed by atoms with van der Waals surface area (Å²) in [6, 6.07) is 3.89. The highest BCUT2D eigenvalue weighted by Gasteiger charge is 2.38. The Balaban J connectivity index is 2.17. The third kappa shape index (κ3) is 3.62. The van der Waals surface area contributed by atoms with Crippen molar-refractivity contribution in [1.82, 2.24) is 9.80 Å². The van der Waals surface area contributed by atoms with Crippen molar-refractivity contribution < 1.29 is 19.8 Å². The molecule has 2 amide bonds. The molecule has 3 rings (SSSR count). The third-order valence-corrected chi connectivity index (χ3v) is 5.97. The number of carboxylic acid groups (broad SMARTS) is 2. The standard InChI is InChI=1S/C21H30N2O4/c1-13-11-14(21(2,3)4)12-15(16-7-5-9-22(16)19(24)25)18(13)17-8-6-10-23(17)20(26)27/h11-12,16-17H,5-10H2,1-4H3,(H,24,25)(H,26,27). The van der Waals surface area contributed by atoms with Crippen molar-refractivity contribution in [3.05, 3.63) is 34.4 Å². The zero-order valence-corrected chi connectivity index (χ0v) is 16.7. The van der Waals surface area contributed by atoms with E-state index in [1.165, 1.54) is 9.80 Å². The number of likely N-dealkylation sites (tertiary alicyclic amines) is 2. The maximum Gasteiger partial charge on any atom is 0.407 e. The summed E-state index contributed by atoms with van der Waals surface area (Å²) in [5, 5.41) is 19.3. The minimum Gasteiger partial charge on any atom is -0.465 e. The van der Waals surface area contributed by atoms with Gasteiger partial charge >= 0.3 is 12.2 Å². The molecule has 6 heteroatoms. The van der Waals surface area contributed by atoms with Crippen LogP contribution in [-0.4, -0.2) is 45.3 Å². The lowest BCUT2D eigenvalue weighted by molar-refractivity contribution is 0.135. The van der Waals surface area contributed by atoms with Gasteiger partial charge in [-0.3, -0.25) is 0 Å². The topological polar surface area (TPSA) is 81.1 Å². The second-order valence-electron chi connectivity index (χ2n) is 8.81. The van der Waals surface area contributed by atoms with E-state index in [-0.39, 0.29) is 17.5 Å². The smallest absolute Gasteiger partial charge is 0.407 e. The Kier molecular flexibility index (Phi) is 5.10. The van der Waals surface area contributed by atoms with Gasteiger partial charge in [-0.2, -0.15) is 0 Å². The van der Waals surface area contributed by atoms with Gasteiger partial charge in [0.05, 0.1) is 12.1 Å². The average Bonchev–Trinajstić information content (AvgIpc) is 3.22. The van der Waals surface area contributed by atoms with Gasteiger partial charge < -0.3 is 20.0 Å². The summed E-state index contributed by atoms with van der Waals surface area (Å²) < 4.78 is 0. The van der Waals surface area contributed by atoms with E-state index in [0.29, 0.717) is 13.1 Å². The van der Waals surface area contributed by atoms with E-state index in [0.717, 1.165) is 47.9 Å². The SMILES string of the molecule is Cc1cc(C(C)(C)C)cc(C2CCCN2C(=O)O)c1C1CCCN1C(=O)O. The Morgan fingerprint density at radius 1 is 0.963 bits per heavy atom. The molecule has 2 unspecified atom stereocenters. The van der Waals surface area contributed by atoms with Crippen LogP contribution in [0.15, 0.2) is 12.1 Å². The van der Waals surface area contributed by atoms with Gasteiger partial charge in [0.25, 0.3) is 0 Å². The van der Waals surface area contributed by atoms with Crippen LogP contribution in [0.1, 0.15) is 80.8 Å². The molecular weight excluding hydrogens is 344 g/mol. The van der Waals surface area contributed by atoms with E-state index in [1.807, 2.05) is 6.92 Å². The summed E-state index contributed by atoms with van der Waals surface area (Å²) in [5.74, 6) is 0. The Bertz CT molecular complexity index is 753. The fourth-order valence-electron chi connectivity index (χ4n) is 4.60. The normalized spacial score (nSPS) is 23.1. The van der Waals surface area contributed by atoms with Crippen molar-refractivity contribution in [2.45, 2.75) is 70.9 Å². The fourth-order valence-corrected chi connectivity index (χ4v) is 4.60. The molecule has 0 spiro atoms. The lowest BCUT2D eigenvalue weighted by Gasteiger charge is -2.32. The minimum absolute atomic E-state index is 0.0626. The molecule has 0 aliphatic carbocycles. The predicted octanol–water partition coefficient (Wildman–Crippen LogP) is 4.92. The summed E-state index contributed by atoms with van der Waals surface area (Å²) in [5.41, 5.74) is 4.18. The van der Waals surface area contributed by atoms with Crippen molar-refractivity contribution >= 4 is 12.2 Å². The second kappa shape index (κ2) is 7.06. The molecule has 6 nitrogen and oxygen atoms in total. The van der Waals surface area contributed by atoms with Crippen molar-refractivity contribution in [1.29, 1.82) is 0 Å². The summed E-state index contributed by atoms with van der Waals surface area (Å²) >= 11 is 0. The number of hydrogen-bond donors (Lipinski definition) is 2. The number of amides is 2. The van der Waals surface area contributed by atoms with Crippen molar-refractivity contribution in [2.24, 2.45) is 0 Å². The number of carbonyl (C=O) groups is 2. The van der Waals surface area contributed by atoms with Gasteiger partial charge in [0.1, 0.15) is 0 Å². The van der Waals surface area contributed by atoms with Gasteiger partial charge in [0.15, 0.2) is 0 Å². The van der Waals surface area contributed by atoms with Crippen molar-refractivity contribution in [3.8, 4) is 0 Å². The van der Waals surface area contributed by atoms with Crippen LogP contribution in [0.5, 0.6) is 0 Å². The van der Waals surface area contributed by atoms with Gasteiger partial charge in [-0.15, -0.1) is 0 Å². The Morgan fingerprint density at radius 3 is 2.00 bits per heavy atom. The number of rotatable bonds is 2. The van der Waals surface area contributed by atoms with E-state index in [4.69, 9.17) is 0 Å². The molecule has 2 aliphatic rings. The molecule has 148 valence electrons. The van der Waals surface area contributed by atoms with Crippen LogP contribution >= 0.6 is 0 Å². The minimum atomic E-state index is -0.899. The Labute approximate surface area is 160 Å². The van der Waals surface area contributed by atoms with E-state index in [9.17, 15) is 19.8 Å². The molecule has 0 bridgehead atoms. The van der Waals surface area contributed by atoms with Crippen LogP contribution in [-0.2, 0) is 5.41 Å². The zero-order chi connectivity index (χ0) is 19.9. The van der Waals surface area contributed by atoms with E-state index >= 15 is 0 Å². The van der Waals surface area contributed by atoms with Crippen LogP contribution < -0.4 is 0 Å². The highest BCUT2D eigenvalue weighted by atomic mass is 16.4. The monoisotopic (exact) mass is 374 g/mol. The first-order valence-corrected chi connectivity index (χ1v) is 9.75. The lowest BCUT2D eigenvalue weighted by Crippen LogP contribution is -2.33. The number of benzene rings is 1.